The largest absolute Gasteiger partial charge is 0.376 e. The maximum absolute atomic E-state index is 12.9. The lowest BCUT2D eigenvalue weighted by molar-refractivity contribution is -0.114. The second-order valence-corrected chi connectivity index (χ2v) is 7.35. The molecule has 3 rings (SSSR count). The summed E-state index contributed by atoms with van der Waals surface area (Å²) in [5.74, 6) is -0.569. The molecule has 3 aromatic rings. The Balaban J connectivity index is 1.56. The molecule has 0 aliphatic rings. The maximum atomic E-state index is 12.9. The van der Waals surface area contributed by atoms with Gasteiger partial charge in [0.25, 0.3) is 0 Å². The van der Waals surface area contributed by atoms with Gasteiger partial charge < -0.3 is 10.6 Å². The van der Waals surface area contributed by atoms with Crippen molar-refractivity contribution in [3.8, 4) is 0 Å². The smallest absolute Gasteiger partial charge is 0.245 e. The highest BCUT2D eigenvalue weighted by molar-refractivity contribution is 7.15. The summed E-state index contributed by atoms with van der Waals surface area (Å²) in [5, 5.41) is 7.33. The molecule has 2 N–H and O–H groups in total. The van der Waals surface area contributed by atoms with Crippen molar-refractivity contribution in [2.45, 2.75) is 6.42 Å². The summed E-state index contributed by atoms with van der Waals surface area (Å²) in [6.07, 6.45) is 2.23. The van der Waals surface area contributed by atoms with Gasteiger partial charge in [0.1, 0.15) is 5.82 Å². The molecule has 0 radical (unpaired) electrons. The zero-order valence-electron chi connectivity index (χ0n) is 13.4. The molecule has 0 aliphatic heterocycles. The molecule has 134 valence electrons. The van der Waals surface area contributed by atoms with Gasteiger partial charge in [-0.3, -0.25) is 4.79 Å². The van der Waals surface area contributed by atoms with Gasteiger partial charge in [-0.1, -0.05) is 29.3 Å². The van der Waals surface area contributed by atoms with Crippen molar-refractivity contribution in [2.24, 2.45) is 0 Å². The van der Waals surface area contributed by atoms with Crippen molar-refractivity contribution in [3.05, 3.63) is 75.0 Å². The number of halogens is 3. The van der Waals surface area contributed by atoms with Crippen molar-refractivity contribution < 1.29 is 9.18 Å². The van der Waals surface area contributed by atoms with Crippen molar-refractivity contribution in [1.29, 1.82) is 0 Å². The number of carbonyl (C=O) groups is 1. The van der Waals surface area contributed by atoms with E-state index in [0.717, 1.165) is 10.4 Å². The third-order valence-electron chi connectivity index (χ3n) is 3.51. The molecule has 4 nitrogen and oxygen atoms in total. The van der Waals surface area contributed by atoms with Gasteiger partial charge >= 0.3 is 0 Å². The number of amides is 1. The van der Waals surface area contributed by atoms with E-state index in [1.54, 1.807) is 36.5 Å². The fourth-order valence-corrected chi connectivity index (χ4v) is 3.61. The van der Waals surface area contributed by atoms with E-state index in [1.807, 2.05) is 0 Å². The fraction of sp³-hybridized carbons (Fsp3) is 0.111. The van der Waals surface area contributed by atoms with E-state index >= 15 is 0 Å². The summed E-state index contributed by atoms with van der Waals surface area (Å²) in [5.41, 5.74) is 1.49. The Morgan fingerprint density at radius 3 is 2.50 bits per heavy atom. The zero-order chi connectivity index (χ0) is 18.5. The van der Waals surface area contributed by atoms with E-state index < -0.39 is 0 Å². The normalized spacial score (nSPS) is 10.6. The highest BCUT2D eigenvalue weighted by Gasteiger charge is 2.11. The molecule has 0 saturated carbocycles. The molecule has 0 fully saturated rings. The van der Waals surface area contributed by atoms with E-state index in [9.17, 15) is 9.18 Å². The first-order chi connectivity index (χ1) is 12.5. The van der Waals surface area contributed by atoms with E-state index in [1.165, 1.54) is 23.5 Å². The molecule has 1 heterocycles. The van der Waals surface area contributed by atoms with Crippen LogP contribution in [0.15, 0.2) is 48.7 Å². The van der Waals surface area contributed by atoms with Crippen LogP contribution in [0.25, 0.3) is 0 Å². The van der Waals surface area contributed by atoms with Crippen LogP contribution in [0.5, 0.6) is 0 Å². The van der Waals surface area contributed by atoms with E-state index in [4.69, 9.17) is 23.2 Å². The number of aromatic nitrogens is 1. The summed E-state index contributed by atoms with van der Waals surface area (Å²) in [6.45, 7) is 0.0525. The van der Waals surface area contributed by atoms with Crippen LogP contribution in [0.3, 0.4) is 0 Å². The summed E-state index contributed by atoms with van der Waals surface area (Å²) >= 11 is 13.7. The first-order valence-corrected chi connectivity index (χ1v) is 9.25. The fourth-order valence-electron chi connectivity index (χ4n) is 2.24. The summed E-state index contributed by atoms with van der Waals surface area (Å²) < 4.78 is 12.9. The van der Waals surface area contributed by atoms with Crippen LogP contribution in [0.1, 0.15) is 10.4 Å². The van der Waals surface area contributed by atoms with Crippen molar-refractivity contribution in [3.63, 3.8) is 0 Å². The van der Waals surface area contributed by atoms with Crippen molar-refractivity contribution in [2.75, 3.05) is 17.2 Å². The van der Waals surface area contributed by atoms with Crippen LogP contribution < -0.4 is 10.6 Å². The number of carbonyl (C=O) groups excluding carboxylic acids is 1. The lowest BCUT2D eigenvalue weighted by atomic mass is 10.1. The highest BCUT2D eigenvalue weighted by atomic mass is 35.5. The lowest BCUT2D eigenvalue weighted by Gasteiger charge is -2.06. The SMILES string of the molecule is O=C(CNc1ccc(F)cc1)Nc1ncc(Cc2c(Cl)cccc2Cl)s1. The number of anilines is 2. The van der Waals surface area contributed by atoms with Gasteiger partial charge in [0.15, 0.2) is 5.13 Å². The Labute approximate surface area is 164 Å². The zero-order valence-corrected chi connectivity index (χ0v) is 15.8. The van der Waals surface area contributed by atoms with Crippen LogP contribution in [0.4, 0.5) is 15.2 Å². The third-order valence-corrected chi connectivity index (χ3v) is 5.13. The van der Waals surface area contributed by atoms with Gasteiger partial charge in [0.2, 0.25) is 5.91 Å². The number of nitrogens with zero attached hydrogens (tertiary/aromatic N) is 1. The lowest BCUT2D eigenvalue weighted by Crippen LogP contribution is -2.21. The Kier molecular flexibility index (Phi) is 6.08. The first kappa shape index (κ1) is 18.6. The molecule has 2 aromatic carbocycles. The number of hydrogen-bond donors (Lipinski definition) is 2. The molecule has 0 saturated heterocycles. The average Bonchev–Trinajstić information content (AvgIpc) is 3.05. The summed E-state index contributed by atoms with van der Waals surface area (Å²) in [7, 11) is 0. The summed E-state index contributed by atoms with van der Waals surface area (Å²) in [6, 6.07) is 11.1. The highest BCUT2D eigenvalue weighted by Crippen LogP contribution is 2.29. The summed E-state index contributed by atoms with van der Waals surface area (Å²) in [4.78, 5) is 17.1. The van der Waals surface area contributed by atoms with Crippen molar-refractivity contribution in [1.82, 2.24) is 4.98 Å². The number of thiazole rings is 1. The Hall–Kier alpha value is -2.15. The van der Waals surface area contributed by atoms with E-state index in [0.29, 0.717) is 27.3 Å². The second-order valence-electron chi connectivity index (χ2n) is 5.42. The van der Waals surface area contributed by atoms with Gasteiger partial charge in [0.05, 0.1) is 6.54 Å². The van der Waals surface area contributed by atoms with Gasteiger partial charge in [-0.2, -0.15) is 0 Å². The topological polar surface area (TPSA) is 54.0 Å². The predicted molar refractivity (Wildman–Crippen MR) is 105 cm³/mol. The van der Waals surface area contributed by atoms with Crippen LogP contribution in [-0.4, -0.2) is 17.4 Å². The molecule has 26 heavy (non-hydrogen) atoms. The minimum absolute atomic E-state index is 0.0525. The molecule has 0 atom stereocenters. The van der Waals surface area contributed by atoms with Gasteiger partial charge in [0, 0.05) is 33.2 Å². The number of nitrogens with one attached hydrogen (secondary N) is 2. The number of benzene rings is 2. The Bertz CT molecular complexity index is 895. The van der Waals surface area contributed by atoms with Crippen LogP contribution in [0, 0.1) is 5.82 Å². The van der Waals surface area contributed by atoms with Gasteiger partial charge in [-0.25, -0.2) is 9.37 Å². The molecule has 1 aromatic heterocycles. The molecular formula is C18H14Cl2FN3OS. The second kappa shape index (κ2) is 8.49. The molecule has 0 bridgehead atoms. The number of rotatable bonds is 6. The molecule has 1 amide bonds. The Morgan fingerprint density at radius 1 is 1.12 bits per heavy atom. The molecule has 8 heteroatoms. The quantitative estimate of drug-likeness (QED) is 0.585. The Morgan fingerprint density at radius 2 is 1.81 bits per heavy atom. The van der Waals surface area contributed by atoms with E-state index in [2.05, 4.69) is 15.6 Å². The number of hydrogen-bond acceptors (Lipinski definition) is 4. The van der Waals surface area contributed by atoms with Crippen LogP contribution in [0.2, 0.25) is 10.0 Å². The minimum atomic E-state index is -0.325. The predicted octanol–water partition coefficient (Wildman–Crippen LogP) is 5.23. The maximum Gasteiger partial charge on any atom is 0.245 e. The minimum Gasteiger partial charge on any atom is -0.376 e. The van der Waals surface area contributed by atoms with Gasteiger partial charge in [-0.15, -0.1) is 11.3 Å². The monoisotopic (exact) mass is 409 g/mol. The molecule has 0 spiro atoms. The first-order valence-electron chi connectivity index (χ1n) is 7.68. The molecule has 0 unspecified atom stereocenters. The van der Waals surface area contributed by atoms with Crippen molar-refractivity contribution >= 4 is 51.3 Å². The van der Waals surface area contributed by atoms with Crippen LogP contribution in [-0.2, 0) is 11.2 Å². The van der Waals surface area contributed by atoms with E-state index in [-0.39, 0.29) is 18.3 Å². The molecule has 0 aliphatic carbocycles. The standard InChI is InChI=1S/C18H14Cl2FN3OS/c19-15-2-1-3-16(20)14(15)8-13-9-23-18(26-13)24-17(25)10-22-12-6-4-11(21)5-7-12/h1-7,9,22H,8,10H2,(H,23,24,25). The van der Waals surface area contributed by atoms with Crippen LogP contribution >= 0.6 is 34.5 Å². The van der Waals surface area contributed by atoms with Gasteiger partial charge in [-0.05, 0) is 42.0 Å². The average molecular weight is 410 g/mol. The third kappa shape index (κ3) is 4.94. The molecular weight excluding hydrogens is 396 g/mol.